The summed E-state index contributed by atoms with van der Waals surface area (Å²) in [7, 11) is 0. The van der Waals surface area contributed by atoms with Crippen LogP contribution in [0.2, 0.25) is 0 Å². The molecular formula is C26H27F2N7O2. The fraction of sp³-hybridized carbons (Fsp3) is 0.308. The highest BCUT2D eigenvalue weighted by molar-refractivity contribution is 6.09. The zero-order valence-corrected chi connectivity index (χ0v) is 20.7. The molecule has 1 amide bonds. The van der Waals surface area contributed by atoms with Crippen LogP contribution in [0.3, 0.4) is 0 Å². The normalized spacial score (nSPS) is 15.6. The van der Waals surface area contributed by atoms with Gasteiger partial charge in [-0.25, -0.2) is 8.78 Å². The van der Waals surface area contributed by atoms with Gasteiger partial charge >= 0.3 is 0 Å². The van der Waals surface area contributed by atoms with Crippen LogP contribution in [0, 0.1) is 18.6 Å². The molecule has 0 unspecified atom stereocenters. The lowest BCUT2D eigenvalue weighted by atomic mass is 10.1. The van der Waals surface area contributed by atoms with Crippen LogP contribution in [0.15, 0.2) is 47.4 Å². The smallest absolute Gasteiger partial charge is 0.276 e. The Kier molecular flexibility index (Phi) is 6.24. The molecule has 1 aliphatic rings. The number of carbonyl (C=O) groups excluding carboxylic acids is 1. The van der Waals surface area contributed by atoms with E-state index in [0.717, 1.165) is 46.8 Å². The van der Waals surface area contributed by atoms with Gasteiger partial charge in [0.25, 0.3) is 11.5 Å². The van der Waals surface area contributed by atoms with Crippen molar-refractivity contribution in [2.24, 2.45) is 5.73 Å². The molecule has 5 rings (SSSR count). The molecule has 0 saturated carbocycles. The average Bonchev–Trinajstić information content (AvgIpc) is 3.47. The van der Waals surface area contributed by atoms with Crippen molar-refractivity contribution in [1.29, 1.82) is 0 Å². The number of aryl methyl sites for hydroxylation is 1. The molecule has 0 aliphatic carbocycles. The van der Waals surface area contributed by atoms with E-state index in [0.29, 0.717) is 23.5 Å². The van der Waals surface area contributed by atoms with E-state index in [2.05, 4.69) is 20.4 Å². The molecule has 192 valence electrons. The molecule has 11 heteroatoms. The van der Waals surface area contributed by atoms with Crippen LogP contribution in [0.5, 0.6) is 0 Å². The van der Waals surface area contributed by atoms with Crippen molar-refractivity contribution in [3.8, 4) is 5.69 Å². The second kappa shape index (κ2) is 9.40. The molecule has 2 aromatic heterocycles. The second-order valence-electron chi connectivity index (χ2n) is 9.52. The van der Waals surface area contributed by atoms with Crippen molar-refractivity contribution < 1.29 is 13.6 Å². The summed E-state index contributed by atoms with van der Waals surface area (Å²) in [6, 6.07) is 7.49. The van der Waals surface area contributed by atoms with E-state index in [1.165, 1.54) is 12.1 Å². The number of nitrogens with zero attached hydrogens (tertiary/aromatic N) is 5. The molecular weight excluding hydrogens is 480 g/mol. The standard InChI is InChI=1S/C26H27F2N7O2/c1-14(2)34-23-15(3)11-21(24(17(23)12-30-34)33-10-9-16(29)13-33)31-26(37)20-7-8-22(36)35(32-20)25-18(27)5-4-6-19(25)28/h4-8,11-12,14,16H,9-10,13,29H2,1-3H3,(H,31,37)/t16-/m1/s1. The first-order valence-corrected chi connectivity index (χ1v) is 12.0. The Labute approximate surface area is 211 Å². The fourth-order valence-electron chi connectivity index (χ4n) is 4.82. The number of benzene rings is 2. The topological polar surface area (TPSA) is 111 Å². The summed E-state index contributed by atoms with van der Waals surface area (Å²) in [5.41, 5.74) is 7.79. The van der Waals surface area contributed by atoms with Gasteiger partial charge in [0.1, 0.15) is 11.4 Å². The highest BCUT2D eigenvalue weighted by atomic mass is 19.1. The van der Waals surface area contributed by atoms with E-state index < -0.39 is 28.8 Å². The van der Waals surface area contributed by atoms with Crippen LogP contribution in [-0.4, -0.2) is 44.6 Å². The molecule has 1 atom stereocenters. The summed E-state index contributed by atoms with van der Waals surface area (Å²) >= 11 is 0. The summed E-state index contributed by atoms with van der Waals surface area (Å²) in [5, 5.41) is 12.3. The van der Waals surface area contributed by atoms with Gasteiger partial charge in [-0.05, 0) is 57.0 Å². The maximum Gasteiger partial charge on any atom is 0.276 e. The number of para-hydroxylation sites is 1. The molecule has 3 heterocycles. The molecule has 2 aromatic carbocycles. The molecule has 1 fully saturated rings. The highest BCUT2D eigenvalue weighted by Crippen LogP contribution is 2.39. The Hall–Kier alpha value is -4.12. The van der Waals surface area contributed by atoms with Gasteiger partial charge in [-0.2, -0.15) is 14.9 Å². The van der Waals surface area contributed by atoms with Gasteiger partial charge < -0.3 is 16.0 Å². The van der Waals surface area contributed by atoms with Gasteiger partial charge in [-0.15, -0.1) is 0 Å². The van der Waals surface area contributed by atoms with Gasteiger partial charge in [-0.3, -0.25) is 14.3 Å². The molecule has 1 saturated heterocycles. The van der Waals surface area contributed by atoms with E-state index in [1.807, 2.05) is 31.5 Å². The maximum atomic E-state index is 14.3. The Balaban J connectivity index is 1.59. The summed E-state index contributed by atoms with van der Waals surface area (Å²) in [5.74, 6) is -2.57. The number of nitrogens with two attached hydrogens (primary N) is 1. The van der Waals surface area contributed by atoms with Crippen LogP contribution in [-0.2, 0) is 0 Å². The van der Waals surface area contributed by atoms with Crippen molar-refractivity contribution in [2.75, 3.05) is 23.3 Å². The largest absolute Gasteiger partial charge is 0.368 e. The zero-order valence-electron chi connectivity index (χ0n) is 20.7. The van der Waals surface area contributed by atoms with E-state index in [9.17, 15) is 18.4 Å². The van der Waals surface area contributed by atoms with E-state index in [1.54, 1.807) is 6.20 Å². The van der Waals surface area contributed by atoms with Crippen molar-refractivity contribution in [3.63, 3.8) is 0 Å². The van der Waals surface area contributed by atoms with Crippen molar-refractivity contribution in [3.05, 3.63) is 75.8 Å². The third-order valence-electron chi connectivity index (χ3n) is 6.50. The number of carbonyl (C=O) groups is 1. The van der Waals surface area contributed by atoms with Gasteiger partial charge in [0.15, 0.2) is 11.6 Å². The van der Waals surface area contributed by atoms with Crippen LogP contribution >= 0.6 is 0 Å². The van der Waals surface area contributed by atoms with Gasteiger partial charge in [0.05, 0.1) is 23.1 Å². The monoisotopic (exact) mass is 507 g/mol. The molecule has 4 aromatic rings. The second-order valence-corrected chi connectivity index (χ2v) is 9.52. The quantitative estimate of drug-likeness (QED) is 0.428. The number of rotatable bonds is 5. The summed E-state index contributed by atoms with van der Waals surface area (Å²) < 4.78 is 31.2. The Morgan fingerprint density at radius 2 is 1.89 bits per heavy atom. The van der Waals surface area contributed by atoms with E-state index in [-0.39, 0.29) is 17.8 Å². The molecule has 0 bridgehead atoms. The third-order valence-corrected chi connectivity index (χ3v) is 6.50. The minimum absolute atomic E-state index is 0.000868. The van der Waals surface area contributed by atoms with Crippen LogP contribution in [0.25, 0.3) is 16.6 Å². The number of anilines is 2. The third kappa shape index (κ3) is 4.35. The minimum atomic E-state index is -0.969. The summed E-state index contributed by atoms with van der Waals surface area (Å²) in [6.07, 6.45) is 2.60. The predicted molar refractivity (Wildman–Crippen MR) is 137 cm³/mol. The van der Waals surface area contributed by atoms with Gasteiger partial charge in [0.2, 0.25) is 0 Å². The number of halogens is 2. The lowest BCUT2D eigenvalue weighted by molar-refractivity contribution is 0.102. The number of hydrogen-bond donors (Lipinski definition) is 2. The summed E-state index contributed by atoms with van der Waals surface area (Å²) in [6.45, 7) is 7.36. The van der Waals surface area contributed by atoms with Crippen LogP contribution < -0.4 is 21.5 Å². The average molecular weight is 508 g/mol. The SMILES string of the molecule is Cc1cc(NC(=O)c2ccc(=O)n(-c3c(F)cccc3F)n2)c(N2CC[C@@H](N)C2)c2cnn(C(C)C)c12. The van der Waals surface area contributed by atoms with Crippen LogP contribution in [0.4, 0.5) is 20.2 Å². The first kappa shape index (κ1) is 24.6. The Bertz CT molecular complexity index is 1560. The zero-order chi connectivity index (χ0) is 26.4. The number of nitrogens with one attached hydrogen (secondary N) is 1. The highest BCUT2D eigenvalue weighted by Gasteiger charge is 2.27. The lowest BCUT2D eigenvalue weighted by Crippen LogP contribution is -2.28. The molecule has 0 radical (unpaired) electrons. The fourth-order valence-corrected chi connectivity index (χ4v) is 4.82. The molecule has 9 nitrogen and oxygen atoms in total. The molecule has 1 aliphatic heterocycles. The number of amides is 1. The van der Waals surface area contributed by atoms with Crippen LogP contribution in [0.1, 0.15) is 42.4 Å². The van der Waals surface area contributed by atoms with Gasteiger partial charge in [-0.1, -0.05) is 6.07 Å². The Morgan fingerprint density at radius 1 is 1.16 bits per heavy atom. The maximum absolute atomic E-state index is 14.3. The van der Waals surface area contributed by atoms with E-state index >= 15 is 0 Å². The van der Waals surface area contributed by atoms with Crippen molar-refractivity contribution >= 4 is 28.2 Å². The molecule has 37 heavy (non-hydrogen) atoms. The summed E-state index contributed by atoms with van der Waals surface area (Å²) in [4.78, 5) is 27.8. The Morgan fingerprint density at radius 3 is 2.54 bits per heavy atom. The first-order chi connectivity index (χ1) is 17.7. The van der Waals surface area contributed by atoms with E-state index in [4.69, 9.17) is 5.73 Å². The number of aromatic nitrogens is 4. The number of fused-ring (bicyclic) bond motifs is 1. The molecule has 0 spiro atoms. The minimum Gasteiger partial charge on any atom is -0.368 e. The predicted octanol–water partition coefficient (Wildman–Crippen LogP) is 3.54. The van der Waals surface area contributed by atoms with Gasteiger partial charge in [0, 0.05) is 36.6 Å². The molecule has 3 N–H and O–H groups in total. The number of hydrogen-bond acceptors (Lipinski definition) is 6. The van der Waals surface area contributed by atoms with Crippen molar-refractivity contribution in [1.82, 2.24) is 19.6 Å². The van der Waals surface area contributed by atoms with Crippen molar-refractivity contribution in [2.45, 2.75) is 39.3 Å². The lowest BCUT2D eigenvalue weighted by Gasteiger charge is -2.24. The first-order valence-electron chi connectivity index (χ1n) is 12.0.